The number of urea groups is 1. The zero-order valence-electron chi connectivity index (χ0n) is 17.5. The molecule has 1 aliphatic rings. The summed E-state index contributed by atoms with van der Waals surface area (Å²) in [5.41, 5.74) is 7.47. The molecular formula is C20H22N6O5S. The third-order valence-electron chi connectivity index (χ3n) is 4.75. The number of hydrogen-bond donors (Lipinski definition) is 3. The molecule has 0 spiro atoms. The van der Waals surface area contributed by atoms with Crippen LogP contribution < -0.4 is 16.5 Å². The lowest BCUT2D eigenvalue weighted by molar-refractivity contribution is -0.138. The smallest absolute Gasteiger partial charge is 0.344 e. The summed E-state index contributed by atoms with van der Waals surface area (Å²) in [6, 6.07) is 8.10. The molecule has 168 valence electrons. The van der Waals surface area contributed by atoms with E-state index in [1.807, 2.05) is 0 Å². The van der Waals surface area contributed by atoms with Crippen LogP contribution in [-0.2, 0) is 19.9 Å². The van der Waals surface area contributed by atoms with Gasteiger partial charge in [0.2, 0.25) is 5.91 Å². The van der Waals surface area contributed by atoms with E-state index < -0.39 is 29.4 Å². The number of nitrogens with zero attached hydrogens (tertiary/aromatic N) is 3. The van der Waals surface area contributed by atoms with Crippen molar-refractivity contribution in [3.8, 4) is 0 Å². The molecular weight excluding hydrogens is 436 g/mol. The van der Waals surface area contributed by atoms with Crippen LogP contribution in [0.1, 0.15) is 36.2 Å². The van der Waals surface area contributed by atoms with E-state index in [-0.39, 0.29) is 28.9 Å². The first-order valence-electron chi connectivity index (χ1n) is 9.76. The predicted molar refractivity (Wildman–Crippen MR) is 115 cm³/mol. The molecule has 1 fully saturated rings. The maximum atomic E-state index is 13.0. The summed E-state index contributed by atoms with van der Waals surface area (Å²) in [4.78, 5) is 57.5. The Balaban J connectivity index is 1.64. The number of nitrogens with one attached hydrogen (secondary N) is 2. The number of benzene rings is 1. The number of thioether (sulfide) groups is 1. The number of hydrogen-bond acceptors (Lipinski definition) is 9. The first-order chi connectivity index (χ1) is 15.3. The minimum Gasteiger partial charge on any atom is -0.462 e. The Morgan fingerprint density at radius 2 is 1.97 bits per heavy atom. The fourth-order valence-electron chi connectivity index (χ4n) is 3.14. The molecule has 12 heteroatoms. The highest BCUT2D eigenvalue weighted by atomic mass is 32.2. The van der Waals surface area contributed by atoms with Gasteiger partial charge in [0.05, 0.1) is 12.4 Å². The van der Waals surface area contributed by atoms with Crippen molar-refractivity contribution in [3.05, 3.63) is 47.7 Å². The van der Waals surface area contributed by atoms with Crippen molar-refractivity contribution < 1.29 is 23.9 Å². The minimum absolute atomic E-state index is 0.0248. The minimum atomic E-state index is -1.25. The molecule has 32 heavy (non-hydrogen) atoms. The van der Waals surface area contributed by atoms with E-state index in [1.165, 1.54) is 6.20 Å². The SMILES string of the molecule is CCOC(=O)c1cnc(SCC(=O)NN2C(=O)NC(CC)(c3ccccc3)C2=O)nc1N. The average Bonchev–Trinajstić information content (AvgIpc) is 3.03. The quantitative estimate of drug-likeness (QED) is 0.229. The van der Waals surface area contributed by atoms with Crippen LogP contribution in [0.15, 0.2) is 41.7 Å². The largest absolute Gasteiger partial charge is 0.462 e. The molecule has 0 bridgehead atoms. The summed E-state index contributed by atoms with van der Waals surface area (Å²) in [5.74, 6) is -2.11. The number of rotatable bonds is 8. The number of esters is 1. The van der Waals surface area contributed by atoms with Gasteiger partial charge in [-0.15, -0.1) is 0 Å². The van der Waals surface area contributed by atoms with Crippen LogP contribution in [-0.4, -0.2) is 51.2 Å². The van der Waals surface area contributed by atoms with Crippen LogP contribution in [0.4, 0.5) is 10.6 Å². The number of carbonyl (C=O) groups excluding carboxylic acids is 4. The van der Waals surface area contributed by atoms with Gasteiger partial charge < -0.3 is 15.8 Å². The summed E-state index contributed by atoms with van der Waals surface area (Å²) in [5, 5.41) is 3.51. The molecule has 1 aliphatic heterocycles. The van der Waals surface area contributed by atoms with Crippen molar-refractivity contribution in [2.45, 2.75) is 31.0 Å². The molecule has 1 atom stereocenters. The van der Waals surface area contributed by atoms with Crippen molar-refractivity contribution in [1.29, 1.82) is 0 Å². The standard InChI is InChI=1S/C20H22N6O5S/c1-3-20(12-8-6-5-7-9-12)17(29)26(19(30)24-20)25-14(27)11-32-18-22-10-13(15(21)23-18)16(28)31-4-2/h5-10H,3-4,11H2,1-2H3,(H,24,30)(H,25,27)(H2,21,22,23). The van der Waals surface area contributed by atoms with Gasteiger partial charge in [0.15, 0.2) is 5.16 Å². The van der Waals surface area contributed by atoms with Crippen molar-refractivity contribution in [1.82, 2.24) is 25.7 Å². The van der Waals surface area contributed by atoms with Crippen LogP contribution in [0.5, 0.6) is 0 Å². The second-order valence-corrected chi connectivity index (χ2v) is 7.63. The van der Waals surface area contributed by atoms with Crippen molar-refractivity contribution in [3.63, 3.8) is 0 Å². The zero-order valence-corrected chi connectivity index (χ0v) is 18.3. The first-order valence-corrected chi connectivity index (χ1v) is 10.7. The van der Waals surface area contributed by atoms with Crippen molar-refractivity contribution >= 4 is 41.4 Å². The highest BCUT2D eigenvalue weighted by Gasteiger charge is 2.52. The normalized spacial score (nSPS) is 17.8. The molecule has 4 amide bonds. The van der Waals surface area contributed by atoms with Gasteiger partial charge in [-0.25, -0.2) is 19.6 Å². The lowest BCUT2D eigenvalue weighted by atomic mass is 9.87. The van der Waals surface area contributed by atoms with Gasteiger partial charge in [0.1, 0.15) is 16.9 Å². The third kappa shape index (κ3) is 4.49. The van der Waals surface area contributed by atoms with E-state index in [0.29, 0.717) is 17.0 Å². The fourth-order valence-corrected chi connectivity index (χ4v) is 3.75. The number of amides is 4. The number of anilines is 1. The Bertz CT molecular complexity index is 1050. The maximum absolute atomic E-state index is 13.0. The second kappa shape index (κ2) is 9.64. The molecule has 4 N–H and O–H groups in total. The Hall–Kier alpha value is -3.67. The van der Waals surface area contributed by atoms with E-state index in [9.17, 15) is 19.2 Å². The van der Waals surface area contributed by atoms with Gasteiger partial charge in [-0.2, -0.15) is 5.01 Å². The van der Waals surface area contributed by atoms with Crippen LogP contribution in [0.25, 0.3) is 0 Å². The monoisotopic (exact) mass is 458 g/mol. The number of imide groups is 1. The second-order valence-electron chi connectivity index (χ2n) is 6.69. The van der Waals surface area contributed by atoms with E-state index in [4.69, 9.17) is 10.5 Å². The van der Waals surface area contributed by atoms with Crippen LogP contribution in [0.2, 0.25) is 0 Å². The summed E-state index contributed by atoms with van der Waals surface area (Å²) in [6.45, 7) is 3.61. The van der Waals surface area contributed by atoms with Crippen LogP contribution >= 0.6 is 11.8 Å². The summed E-state index contributed by atoms with van der Waals surface area (Å²) < 4.78 is 4.85. The number of hydrazine groups is 1. The van der Waals surface area contributed by atoms with Gasteiger partial charge in [-0.05, 0) is 18.9 Å². The maximum Gasteiger partial charge on any atom is 0.344 e. The number of nitrogens with two attached hydrogens (primary N) is 1. The number of nitrogen functional groups attached to an aromatic ring is 1. The molecule has 1 saturated heterocycles. The zero-order chi connectivity index (χ0) is 23.3. The molecule has 1 unspecified atom stereocenters. The average molecular weight is 459 g/mol. The summed E-state index contributed by atoms with van der Waals surface area (Å²) >= 11 is 0.928. The number of aromatic nitrogens is 2. The third-order valence-corrected chi connectivity index (χ3v) is 5.61. The highest BCUT2D eigenvalue weighted by molar-refractivity contribution is 7.99. The van der Waals surface area contributed by atoms with Crippen LogP contribution in [0, 0.1) is 0 Å². The van der Waals surface area contributed by atoms with E-state index >= 15 is 0 Å². The van der Waals surface area contributed by atoms with Gasteiger partial charge in [0, 0.05) is 6.20 Å². The summed E-state index contributed by atoms with van der Waals surface area (Å²) in [6.07, 6.45) is 1.52. The highest BCUT2D eigenvalue weighted by Crippen LogP contribution is 2.31. The molecule has 2 aromatic rings. The fraction of sp³-hybridized carbons (Fsp3) is 0.300. The van der Waals surface area contributed by atoms with E-state index in [1.54, 1.807) is 44.2 Å². The van der Waals surface area contributed by atoms with Gasteiger partial charge in [-0.3, -0.25) is 15.0 Å². The lowest BCUT2D eigenvalue weighted by Crippen LogP contribution is -2.49. The Morgan fingerprint density at radius 1 is 1.25 bits per heavy atom. The topological polar surface area (TPSA) is 157 Å². The summed E-state index contributed by atoms with van der Waals surface area (Å²) in [7, 11) is 0. The van der Waals surface area contributed by atoms with Gasteiger partial charge in [0.25, 0.3) is 5.91 Å². The first kappa shape index (κ1) is 23.0. The predicted octanol–water partition coefficient (Wildman–Crippen LogP) is 1.22. The Kier molecular flexibility index (Phi) is 6.93. The van der Waals surface area contributed by atoms with E-state index in [0.717, 1.165) is 11.8 Å². The molecule has 11 nitrogen and oxygen atoms in total. The Labute approximate surface area is 188 Å². The van der Waals surface area contributed by atoms with Crippen LogP contribution in [0.3, 0.4) is 0 Å². The number of carbonyl (C=O) groups is 4. The number of ether oxygens (including phenoxy) is 1. The van der Waals surface area contributed by atoms with Gasteiger partial charge >= 0.3 is 12.0 Å². The molecule has 1 aromatic heterocycles. The molecule has 1 aromatic carbocycles. The molecule has 0 saturated carbocycles. The molecule has 0 aliphatic carbocycles. The lowest BCUT2D eigenvalue weighted by Gasteiger charge is -2.25. The van der Waals surface area contributed by atoms with E-state index in [2.05, 4.69) is 20.7 Å². The molecule has 0 radical (unpaired) electrons. The molecule has 2 heterocycles. The Morgan fingerprint density at radius 3 is 2.59 bits per heavy atom. The molecule has 3 rings (SSSR count). The van der Waals surface area contributed by atoms with Crippen molar-refractivity contribution in [2.75, 3.05) is 18.1 Å². The van der Waals surface area contributed by atoms with Crippen molar-refractivity contribution in [2.24, 2.45) is 0 Å². The van der Waals surface area contributed by atoms with Gasteiger partial charge in [-0.1, -0.05) is 49.0 Å².